The van der Waals surface area contributed by atoms with Crippen molar-refractivity contribution in [1.29, 1.82) is 0 Å². The zero-order valence-electron chi connectivity index (χ0n) is 23.0. The number of hydrogen-bond donors (Lipinski definition) is 3. The molecule has 0 fully saturated rings. The van der Waals surface area contributed by atoms with Crippen LogP contribution in [-0.2, 0) is 23.0 Å². The van der Waals surface area contributed by atoms with Gasteiger partial charge in [-0.1, -0.05) is 11.6 Å². The molecule has 0 unspecified atom stereocenters. The fraction of sp³-hybridized carbons (Fsp3) is 0.241. The third-order valence-electron chi connectivity index (χ3n) is 6.54. The van der Waals surface area contributed by atoms with Crippen LogP contribution >= 0.6 is 11.6 Å². The number of amides is 2. The lowest BCUT2D eigenvalue weighted by atomic mass is 9.93. The van der Waals surface area contributed by atoms with Crippen molar-refractivity contribution < 1.29 is 50.2 Å². The third-order valence-corrected chi connectivity index (χ3v) is 6.83. The normalized spacial score (nSPS) is 13.4. The number of alkyl halides is 6. The predicted molar refractivity (Wildman–Crippen MR) is 148 cm³/mol. The summed E-state index contributed by atoms with van der Waals surface area (Å²) in [5.74, 6) is -3.00. The van der Waals surface area contributed by atoms with Crippen LogP contribution in [0.2, 0.25) is 5.02 Å². The Kier molecular flexibility index (Phi) is 9.26. The SMILES string of the molecule is CCOc1c(CC(N)=O)cc([C@@](O)(CNC(=O)c2cc(Cl)c3ncc(C(F)(F)F)cc3c2)C(F)(F)F)nc1-c1ccc(F)cc1. The van der Waals surface area contributed by atoms with Crippen LogP contribution in [0, 0.1) is 5.82 Å². The van der Waals surface area contributed by atoms with Crippen LogP contribution in [0.3, 0.4) is 0 Å². The predicted octanol–water partition coefficient (Wildman–Crippen LogP) is 5.71. The van der Waals surface area contributed by atoms with E-state index in [9.17, 15) is 45.4 Å². The van der Waals surface area contributed by atoms with Crippen molar-refractivity contribution >= 4 is 34.3 Å². The second-order valence-electron chi connectivity index (χ2n) is 9.72. The molecule has 4 aromatic rings. The number of pyridine rings is 2. The van der Waals surface area contributed by atoms with E-state index in [0.29, 0.717) is 12.3 Å². The first-order valence-corrected chi connectivity index (χ1v) is 13.3. The molecule has 238 valence electrons. The van der Waals surface area contributed by atoms with E-state index in [0.717, 1.165) is 30.3 Å². The molecular formula is C29H22ClF7N4O4. The quantitative estimate of drug-likeness (QED) is 0.198. The molecule has 8 nitrogen and oxygen atoms in total. The highest BCUT2D eigenvalue weighted by Gasteiger charge is 2.56. The largest absolute Gasteiger partial charge is 0.491 e. The molecule has 2 aromatic heterocycles. The van der Waals surface area contributed by atoms with Gasteiger partial charge in [0.25, 0.3) is 5.91 Å². The van der Waals surface area contributed by atoms with Gasteiger partial charge in [-0.25, -0.2) is 9.37 Å². The van der Waals surface area contributed by atoms with E-state index in [1.165, 1.54) is 12.1 Å². The highest BCUT2D eigenvalue weighted by atomic mass is 35.5. The molecule has 4 rings (SSSR count). The maximum Gasteiger partial charge on any atom is 0.424 e. The minimum Gasteiger partial charge on any atom is -0.491 e. The number of aromatic nitrogens is 2. The molecule has 0 radical (unpaired) electrons. The molecular weight excluding hydrogens is 637 g/mol. The maximum atomic E-state index is 14.6. The standard InChI is InChI=1S/C29H22ClF7N4O4/c1-2-45-25-16(11-22(38)42)10-21(41-24(25)14-3-5-19(31)6-4-14)27(44,29(35,36)37)13-40-26(43)17-7-15-8-18(28(32,33)34)12-39-23(15)20(30)9-17/h3-10,12,44H,2,11,13H2,1H3,(H2,38,42)(H,40,43)/t27-/m0/s1. The number of hydrogen-bond acceptors (Lipinski definition) is 6. The number of halogens is 8. The monoisotopic (exact) mass is 658 g/mol. The second-order valence-corrected chi connectivity index (χ2v) is 10.1. The fourth-order valence-corrected chi connectivity index (χ4v) is 4.64. The van der Waals surface area contributed by atoms with Gasteiger partial charge in [-0.15, -0.1) is 0 Å². The Hall–Kier alpha value is -4.50. The number of fused-ring (bicyclic) bond motifs is 1. The Bertz CT molecular complexity index is 1770. The van der Waals surface area contributed by atoms with E-state index in [1.807, 2.05) is 5.32 Å². The number of primary amides is 1. The Morgan fingerprint density at radius 1 is 1.04 bits per heavy atom. The lowest BCUT2D eigenvalue weighted by molar-refractivity contribution is -0.265. The molecule has 0 aliphatic carbocycles. The van der Waals surface area contributed by atoms with Gasteiger partial charge in [0.1, 0.15) is 17.3 Å². The molecule has 0 spiro atoms. The number of carbonyl (C=O) groups excluding carboxylic acids is 2. The first-order valence-electron chi connectivity index (χ1n) is 12.9. The third kappa shape index (κ3) is 7.09. The van der Waals surface area contributed by atoms with Gasteiger partial charge in [-0.2, -0.15) is 26.3 Å². The van der Waals surface area contributed by atoms with Crippen molar-refractivity contribution in [3.05, 3.63) is 88.0 Å². The molecule has 4 N–H and O–H groups in total. The van der Waals surface area contributed by atoms with Crippen LogP contribution in [0.25, 0.3) is 22.2 Å². The van der Waals surface area contributed by atoms with Gasteiger partial charge >= 0.3 is 12.4 Å². The van der Waals surface area contributed by atoms with Crippen LogP contribution in [0.5, 0.6) is 5.75 Å². The van der Waals surface area contributed by atoms with E-state index in [4.69, 9.17) is 22.1 Å². The first-order chi connectivity index (χ1) is 20.9. The van der Waals surface area contributed by atoms with Gasteiger partial charge in [0.05, 0.1) is 41.4 Å². The average Bonchev–Trinajstić information content (AvgIpc) is 2.95. The minimum absolute atomic E-state index is 0.0190. The number of benzene rings is 2. The topological polar surface area (TPSA) is 127 Å². The number of nitrogens with one attached hydrogen (secondary N) is 1. The lowest BCUT2D eigenvalue weighted by Crippen LogP contribution is -2.51. The van der Waals surface area contributed by atoms with Gasteiger partial charge in [-0.05, 0) is 55.5 Å². The molecule has 0 saturated carbocycles. The van der Waals surface area contributed by atoms with E-state index in [2.05, 4.69) is 9.97 Å². The molecule has 2 amide bonds. The van der Waals surface area contributed by atoms with Crippen LogP contribution in [-0.4, -0.2) is 46.2 Å². The Balaban J connectivity index is 1.79. The van der Waals surface area contributed by atoms with Crippen LogP contribution < -0.4 is 15.8 Å². The number of rotatable bonds is 9. The van der Waals surface area contributed by atoms with Crippen LogP contribution in [0.4, 0.5) is 30.7 Å². The molecule has 2 aromatic carbocycles. The van der Waals surface area contributed by atoms with Crippen molar-refractivity contribution in [2.75, 3.05) is 13.2 Å². The van der Waals surface area contributed by atoms with Crippen LogP contribution in [0.1, 0.15) is 34.1 Å². The molecule has 0 saturated heterocycles. The van der Waals surface area contributed by atoms with Crippen molar-refractivity contribution in [2.45, 2.75) is 31.3 Å². The summed E-state index contributed by atoms with van der Waals surface area (Å²) >= 11 is 6.08. The summed E-state index contributed by atoms with van der Waals surface area (Å²) in [5.41, 5.74) is -1.72. The number of nitrogens with zero attached hydrogens (tertiary/aromatic N) is 2. The van der Waals surface area contributed by atoms with Crippen molar-refractivity contribution in [1.82, 2.24) is 15.3 Å². The highest BCUT2D eigenvalue weighted by Crippen LogP contribution is 2.42. The number of ether oxygens (including phenoxy) is 1. The summed E-state index contributed by atoms with van der Waals surface area (Å²) in [5, 5.41) is 12.5. The number of aliphatic hydroxyl groups is 1. The molecule has 1 atom stereocenters. The summed E-state index contributed by atoms with van der Waals surface area (Å²) in [7, 11) is 0. The van der Waals surface area contributed by atoms with E-state index in [-0.39, 0.29) is 45.1 Å². The maximum absolute atomic E-state index is 14.6. The summed E-state index contributed by atoms with van der Waals surface area (Å²) in [4.78, 5) is 32.4. The zero-order valence-corrected chi connectivity index (χ0v) is 23.7. The fourth-order valence-electron chi connectivity index (χ4n) is 4.36. The lowest BCUT2D eigenvalue weighted by Gasteiger charge is -2.31. The molecule has 0 aliphatic heterocycles. The first kappa shape index (κ1) is 33.4. The zero-order chi connectivity index (χ0) is 33.3. The van der Waals surface area contributed by atoms with E-state index >= 15 is 0 Å². The molecule has 45 heavy (non-hydrogen) atoms. The highest BCUT2D eigenvalue weighted by molar-refractivity contribution is 6.35. The van der Waals surface area contributed by atoms with Crippen molar-refractivity contribution in [3.8, 4) is 17.0 Å². The summed E-state index contributed by atoms with van der Waals surface area (Å²) in [6, 6.07) is 7.73. The summed E-state index contributed by atoms with van der Waals surface area (Å²) in [6.45, 7) is -0.00240. The van der Waals surface area contributed by atoms with E-state index < -0.39 is 65.4 Å². The number of carbonyl (C=O) groups is 2. The smallest absolute Gasteiger partial charge is 0.424 e. The van der Waals surface area contributed by atoms with Gasteiger partial charge in [0.15, 0.2) is 0 Å². The molecule has 16 heteroatoms. The van der Waals surface area contributed by atoms with Crippen molar-refractivity contribution in [2.24, 2.45) is 5.73 Å². The van der Waals surface area contributed by atoms with Gasteiger partial charge in [-0.3, -0.25) is 14.6 Å². The van der Waals surface area contributed by atoms with Gasteiger partial charge in [0.2, 0.25) is 11.5 Å². The Labute approximate surface area is 255 Å². The van der Waals surface area contributed by atoms with Gasteiger partial charge in [0, 0.05) is 28.3 Å². The van der Waals surface area contributed by atoms with Gasteiger partial charge < -0.3 is 20.9 Å². The Morgan fingerprint density at radius 2 is 1.71 bits per heavy atom. The van der Waals surface area contributed by atoms with E-state index in [1.54, 1.807) is 6.92 Å². The molecule has 0 bridgehead atoms. The Morgan fingerprint density at radius 3 is 2.29 bits per heavy atom. The molecule has 0 aliphatic rings. The number of nitrogens with two attached hydrogens (primary N) is 1. The van der Waals surface area contributed by atoms with Crippen molar-refractivity contribution in [3.63, 3.8) is 0 Å². The summed E-state index contributed by atoms with van der Waals surface area (Å²) < 4.78 is 102. The average molecular weight is 659 g/mol. The van der Waals surface area contributed by atoms with Crippen LogP contribution in [0.15, 0.2) is 54.7 Å². The summed E-state index contributed by atoms with van der Waals surface area (Å²) in [6.07, 6.45) is -10.4. The minimum atomic E-state index is -5.49. The molecule has 2 heterocycles. The second kappa shape index (κ2) is 12.5.